The summed E-state index contributed by atoms with van der Waals surface area (Å²) in [7, 11) is 1.57. The van der Waals surface area contributed by atoms with Gasteiger partial charge in [0.25, 0.3) is 0 Å². The van der Waals surface area contributed by atoms with Crippen LogP contribution in [-0.4, -0.2) is 40.2 Å². The van der Waals surface area contributed by atoms with Gasteiger partial charge in [-0.15, -0.1) is 0 Å². The lowest BCUT2D eigenvalue weighted by atomic mass is 9.92. The largest absolute Gasteiger partial charge is 0.497 e. The molecule has 0 bridgehead atoms. The average molecular weight is 345 g/mol. The lowest BCUT2D eigenvalue weighted by Crippen LogP contribution is -2.27. The van der Waals surface area contributed by atoms with Crippen LogP contribution >= 0.6 is 0 Å². The summed E-state index contributed by atoms with van der Waals surface area (Å²) >= 11 is 0. The van der Waals surface area contributed by atoms with Crippen LogP contribution in [-0.2, 0) is 16.1 Å². The van der Waals surface area contributed by atoms with Crippen molar-refractivity contribution < 1.29 is 19.4 Å². The molecule has 1 heterocycles. The number of carboxylic acids is 1. The standard InChI is InChI=1S/C18H23N3O4/c1-25-16-5-3-14(4-6-16)15(12-18(23)24)11-17(22)20-7-2-9-21-10-8-19-13-21/h3-6,8,10,13,15H,2,7,9,11-12H2,1H3,(H,20,22)(H,23,24). The van der Waals surface area contributed by atoms with Gasteiger partial charge in [-0.1, -0.05) is 12.1 Å². The molecular weight excluding hydrogens is 322 g/mol. The van der Waals surface area contributed by atoms with Gasteiger partial charge in [0.1, 0.15) is 5.75 Å². The Labute approximate surface area is 146 Å². The molecule has 25 heavy (non-hydrogen) atoms. The molecule has 0 saturated carbocycles. The number of aliphatic carboxylic acids is 1. The molecule has 0 aliphatic heterocycles. The van der Waals surface area contributed by atoms with Crippen LogP contribution < -0.4 is 10.1 Å². The maximum atomic E-state index is 12.1. The summed E-state index contributed by atoms with van der Waals surface area (Å²) in [6, 6.07) is 7.15. The van der Waals surface area contributed by atoms with Crippen molar-refractivity contribution in [3.63, 3.8) is 0 Å². The number of carboxylic acid groups (broad SMARTS) is 1. The molecule has 1 aromatic heterocycles. The van der Waals surface area contributed by atoms with Crippen LogP contribution in [0.15, 0.2) is 43.0 Å². The number of amides is 1. The molecule has 7 nitrogen and oxygen atoms in total. The summed E-state index contributed by atoms with van der Waals surface area (Å²) in [5.41, 5.74) is 0.816. The number of imidazole rings is 1. The third kappa shape index (κ3) is 6.29. The van der Waals surface area contributed by atoms with E-state index in [9.17, 15) is 9.59 Å². The Bertz CT molecular complexity index is 668. The summed E-state index contributed by atoms with van der Waals surface area (Å²) in [4.78, 5) is 27.2. The lowest BCUT2D eigenvalue weighted by molar-refractivity contribution is -0.137. The first-order valence-corrected chi connectivity index (χ1v) is 8.16. The fourth-order valence-electron chi connectivity index (χ4n) is 2.60. The van der Waals surface area contributed by atoms with Crippen molar-refractivity contribution in [2.75, 3.05) is 13.7 Å². The van der Waals surface area contributed by atoms with Gasteiger partial charge in [-0.3, -0.25) is 9.59 Å². The number of benzene rings is 1. The minimum Gasteiger partial charge on any atom is -0.497 e. The van der Waals surface area contributed by atoms with E-state index in [2.05, 4.69) is 10.3 Å². The van der Waals surface area contributed by atoms with Crippen LogP contribution in [0.5, 0.6) is 5.75 Å². The molecule has 0 radical (unpaired) electrons. The van der Waals surface area contributed by atoms with Gasteiger partial charge in [0, 0.05) is 37.8 Å². The number of nitrogens with one attached hydrogen (secondary N) is 1. The summed E-state index contributed by atoms with van der Waals surface area (Å²) in [5, 5.41) is 12.0. The zero-order valence-corrected chi connectivity index (χ0v) is 14.2. The van der Waals surface area contributed by atoms with Crippen LogP contribution in [0.1, 0.15) is 30.7 Å². The molecule has 7 heteroatoms. The Balaban J connectivity index is 1.84. The molecular formula is C18H23N3O4. The number of aryl methyl sites for hydroxylation is 1. The van der Waals surface area contributed by atoms with E-state index in [1.807, 2.05) is 10.8 Å². The van der Waals surface area contributed by atoms with Crippen molar-refractivity contribution in [2.24, 2.45) is 0 Å². The van der Waals surface area contributed by atoms with Gasteiger partial charge in [-0.2, -0.15) is 0 Å². The van der Waals surface area contributed by atoms with Crippen molar-refractivity contribution in [2.45, 2.75) is 31.7 Å². The van der Waals surface area contributed by atoms with E-state index in [1.54, 1.807) is 43.9 Å². The molecule has 0 spiro atoms. The van der Waals surface area contributed by atoms with E-state index in [1.165, 1.54) is 0 Å². The molecule has 1 amide bonds. The number of nitrogens with zero attached hydrogens (tertiary/aromatic N) is 2. The van der Waals surface area contributed by atoms with Crippen LogP contribution in [0.25, 0.3) is 0 Å². The molecule has 0 fully saturated rings. The molecule has 0 aliphatic carbocycles. The van der Waals surface area contributed by atoms with Crippen molar-refractivity contribution in [1.29, 1.82) is 0 Å². The summed E-state index contributed by atoms with van der Waals surface area (Å²) in [5.74, 6) is -0.736. The van der Waals surface area contributed by atoms with E-state index in [0.717, 1.165) is 18.5 Å². The summed E-state index contributed by atoms with van der Waals surface area (Å²) in [6.45, 7) is 1.32. The van der Waals surface area contributed by atoms with Gasteiger partial charge in [-0.25, -0.2) is 4.98 Å². The number of carbonyl (C=O) groups is 2. The Kier molecular flexibility index (Phi) is 7.00. The van der Waals surface area contributed by atoms with Gasteiger partial charge in [-0.05, 0) is 24.1 Å². The van der Waals surface area contributed by atoms with Crippen LogP contribution in [0, 0.1) is 0 Å². The van der Waals surface area contributed by atoms with Crippen molar-refractivity contribution in [1.82, 2.24) is 14.9 Å². The second-order valence-electron chi connectivity index (χ2n) is 5.78. The van der Waals surface area contributed by atoms with E-state index in [-0.39, 0.29) is 24.7 Å². The number of aromatic nitrogens is 2. The topological polar surface area (TPSA) is 93.5 Å². The fourth-order valence-corrected chi connectivity index (χ4v) is 2.60. The highest BCUT2D eigenvalue weighted by atomic mass is 16.5. The molecule has 2 aromatic rings. The number of hydrogen-bond acceptors (Lipinski definition) is 4. The number of rotatable bonds is 10. The van der Waals surface area contributed by atoms with E-state index in [4.69, 9.17) is 9.84 Å². The average Bonchev–Trinajstić information content (AvgIpc) is 3.11. The quantitative estimate of drug-likeness (QED) is 0.643. The van der Waals surface area contributed by atoms with E-state index >= 15 is 0 Å². The highest BCUT2D eigenvalue weighted by Gasteiger charge is 2.19. The Morgan fingerprint density at radius 3 is 2.64 bits per heavy atom. The maximum Gasteiger partial charge on any atom is 0.303 e. The number of carbonyl (C=O) groups excluding carboxylic acids is 1. The van der Waals surface area contributed by atoms with E-state index < -0.39 is 5.97 Å². The van der Waals surface area contributed by atoms with Crippen molar-refractivity contribution >= 4 is 11.9 Å². The predicted octanol–water partition coefficient (Wildman–Crippen LogP) is 2.05. The Morgan fingerprint density at radius 2 is 2.04 bits per heavy atom. The van der Waals surface area contributed by atoms with E-state index in [0.29, 0.717) is 12.3 Å². The first-order chi connectivity index (χ1) is 12.1. The molecule has 2 rings (SSSR count). The number of methoxy groups -OCH3 is 1. The first-order valence-electron chi connectivity index (χ1n) is 8.16. The fraction of sp³-hybridized carbons (Fsp3) is 0.389. The maximum absolute atomic E-state index is 12.1. The molecule has 2 N–H and O–H groups in total. The van der Waals surface area contributed by atoms with Gasteiger partial charge in [0.05, 0.1) is 19.9 Å². The van der Waals surface area contributed by atoms with Crippen LogP contribution in [0.2, 0.25) is 0 Å². The minimum atomic E-state index is -0.922. The van der Waals surface area contributed by atoms with Gasteiger partial charge in [0.2, 0.25) is 5.91 Å². The summed E-state index contributed by atoms with van der Waals surface area (Å²) in [6.07, 6.45) is 6.15. The second-order valence-corrected chi connectivity index (χ2v) is 5.78. The lowest BCUT2D eigenvalue weighted by Gasteiger charge is -2.16. The zero-order valence-electron chi connectivity index (χ0n) is 14.2. The predicted molar refractivity (Wildman–Crippen MR) is 92.5 cm³/mol. The van der Waals surface area contributed by atoms with Gasteiger partial charge < -0.3 is 19.7 Å². The van der Waals surface area contributed by atoms with Crippen LogP contribution in [0.4, 0.5) is 0 Å². The summed E-state index contributed by atoms with van der Waals surface area (Å²) < 4.78 is 7.05. The normalized spacial score (nSPS) is 11.7. The molecule has 1 unspecified atom stereocenters. The Hall–Kier alpha value is -2.83. The number of ether oxygens (including phenoxy) is 1. The first kappa shape index (κ1) is 18.5. The highest BCUT2D eigenvalue weighted by Crippen LogP contribution is 2.25. The monoisotopic (exact) mass is 345 g/mol. The highest BCUT2D eigenvalue weighted by molar-refractivity contribution is 5.78. The minimum absolute atomic E-state index is 0.0885. The Morgan fingerprint density at radius 1 is 1.28 bits per heavy atom. The van der Waals surface area contributed by atoms with Gasteiger partial charge in [0.15, 0.2) is 0 Å². The second kappa shape index (κ2) is 9.46. The third-order valence-corrected chi connectivity index (χ3v) is 3.91. The molecule has 1 atom stereocenters. The molecule has 0 saturated heterocycles. The zero-order chi connectivity index (χ0) is 18.1. The van der Waals surface area contributed by atoms with Crippen molar-refractivity contribution in [3.05, 3.63) is 48.5 Å². The van der Waals surface area contributed by atoms with Crippen LogP contribution in [0.3, 0.4) is 0 Å². The third-order valence-electron chi connectivity index (χ3n) is 3.91. The molecule has 1 aromatic carbocycles. The number of hydrogen-bond donors (Lipinski definition) is 2. The SMILES string of the molecule is COc1ccc(C(CC(=O)O)CC(=O)NCCCn2ccnc2)cc1. The van der Waals surface area contributed by atoms with Crippen molar-refractivity contribution in [3.8, 4) is 5.75 Å². The molecule has 0 aliphatic rings. The van der Waals surface area contributed by atoms with Gasteiger partial charge >= 0.3 is 5.97 Å². The molecule has 134 valence electrons. The smallest absolute Gasteiger partial charge is 0.303 e.